The lowest BCUT2D eigenvalue weighted by molar-refractivity contribution is -0.141. The fourth-order valence-electron chi connectivity index (χ4n) is 1.46. The average molecular weight is 258 g/mol. The van der Waals surface area contributed by atoms with E-state index in [-0.39, 0.29) is 6.16 Å². The van der Waals surface area contributed by atoms with Crippen molar-refractivity contribution in [2.45, 2.75) is 19.5 Å². The van der Waals surface area contributed by atoms with E-state index in [9.17, 15) is 9.36 Å². The molecule has 0 amide bonds. The van der Waals surface area contributed by atoms with Crippen molar-refractivity contribution >= 4 is 13.6 Å². The van der Waals surface area contributed by atoms with Gasteiger partial charge in [-0.3, -0.25) is 9.36 Å². The molecule has 1 atom stereocenters. The maximum absolute atomic E-state index is 10.8. The summed E-state index contributed by atoms with van der Waals surface area (Å²) in [6.07, 6.45) is 0.118. The quantitative estimate of drug-likeness (QED) is 0.698. The minimum atomic E-state index is -4.04. The highest BCUT2D eigenvalue weighted by molar-refractivity contribution is 7.50. The molecule has 0 aliphatic heterocycles. The highest BCUT2D eigenvalue weighted by atomic mass is 31.2. The Labute approximate surface area is 99.3 Å². The van der Waals surface area contributed by atoms with E-state index in [1.165, 1.54) is 0 Å². The molecule has 1 aromatic rings. The third-order valence-corrected chi connectivity index (χ3v) is 3.15. The van der Waals surface area contributed by atoms with Gasteiger partial charge in [-0.1, -0.05) is 31.2 Å². The maximum atomic E-state index is 10.8. The van der Waals surface area contributed by atoms with Crippen LogP contribution in [0.2, 0.25) is 0 Å². The van der Waals surface area contributed by atoms with Crippen LogP contribution in [0.1, 0.15) is 18.1 Å². The normalized spacial score (nSPS) is 13.4. The minimum Gasteiger partial charge on any atom is -0.481 e. The van der Waals surface area contributed by atoms with Crippen LogP contribution >= 0.6 is 7.60 Å². The van der Waals surface area contributed by atoms with Gasteiger partial charge in [-0.2, -0.15) is 0 Å². The fourth-order valence-corrected chi connectivity index (χ4v) is 2.15. The smallest absolute Gasteiger partial charge is 0.329 e. The van der Waals surface area contributed by atoms with Crippen molar-refractivity contribution < 1.29 is 24.3 Å². The van der Waals surface area contributed by atoms with E-state index in [1.807, 2.05) is 0 Å². The van der Waals surface area contributed by atoms with Gasteiger partial charge in [0.2, 0.25) is 0 Å². The van der Waals surface area contributed by atoms with E-state index >= 15 is 0 Å². The molecule has 1 aromatic carbocycles. The fraction of sp³-hybridized carbons (Fsp3) is 0.364. The first-order chi connectivity index (χ1) is 7.78. The van der Waals surface area contributed by atoms with Crippen LogP contribution < -0.4 is 0 Å². The molecule has 17 heavy (non-hydrogen) atoms. The second-order valence-corrected chi connectivity index (χ2v) is 5.73. The van der Waals surface area contributed by atoms with E-state index in [0.29, 0.717) is 12.0 Å². The molecule has 0 aromatic heterocycles. The molecular formula is C11H15O5P. The topological polar surface area (TPSA) is 94.8 Å². The zero-order valence-electron chi connectivity index (χ0n) is 9.41. The van der Waals surface area contributed by atoms with E-state index in [4.69, 9.17) is 14.9 Å². The predicted octanol–water partition coefficient (Wildman–Crippen LogP) is 1.63. The maximum Gasteiger partial charge on any atom is 0.329 e. The molecule has 0 saturated heterocycles. The summed E-state index contributed by atoms with van der Waals surface area (Å²) in [5.41, 5.74) is 1.39. The number of rotatable bonds is 5. The molecule has 3 N–H and O–H groups in total. The standard InChI is InChI=1S/C11H15O5P/c1-8(11(12)13)6-9-2-4-10(5-3-9)7-17(14,15)16/h2-5,8H,6-7H2,1H3,(H,12,13)(H2,14,15,16)/t8-/m1/s1. The highest BCUT2D eigenvalue weighted by Crippen LogP contribution is 2.38. The highest BCUT2D eigenvalue weighted by Gasteiger charge is 2.14. The summed E-state index contributed by atoms with van der Waals surface area (Å²) in [5, 5.41) is 8.75. The Morgan fingerprint density at radius 2 is 1.71 bits per heavy atom. The van der Waals surface area contributed by atoms with E-state index in [2.05, 4.69) is 0 Å². The van der Waals surface area contributed by atoms with Gasteiger partial charge in [0.05, 0.1) is 12.1 Å². The molecule has 0 bridgehead atoms. The van der Waals surface area contributed by atoms with E-state index in [1.54, 1.807) is 31.2 Å². The van der Waals surface area contributed by atoms with Gasteiger partial charge in [0.25, 0.3) is 0 Å². The second kappa shape index (κ2) is 5.45. The summed E-state index contributed by atoms with van der Waals surface area (Å²) >= 11 is 0. The number of carboxylic acids is 1. The van der Waals surface area contributed by atoms with Gasteiger partial charge >= 0.3 is 13.6 Å². The van der Waals surface area contributed by atoms with Gasteiger partial charge in [-0.05, 0) is 17.5 Å². The predicted molar refractivity (Wildman–Crippen MR) is 62.7 cm³/mol. The van der Waals surface area contributed by atoms with Gasteiger partial charge in [-0.25, -0.2) is 0 Å². The van der Waals surface area contributed by atoms with Crippen LogP contribution in [0.15, 0.2) is 24.3 Å². The van der Waals surface area contributed by atoms with Crippen LogP contribution in [0.25, 0.3) is 0 Å². The minimum absolute atomic E-state index is 0.290. The number of benzene rings is 1. The zero-order valence-corrected chi connectivity index (χ0v) is 10.3. The lowest BCUT2D eigenvalue weighted by atomic mass is 10.0. The summed E-state index contributed by atoms with van der Waals surface area (Å²) in [5.74, 6) is -1.33. The van der Waals surface area contributed by atoms with Crippen LogP contribution in [0, 0.1) is 5.92 Å². The van der Waals surface area contributed by atoms with E-state index in [0.717, 1.165) is 5.56 Å². The van der Waals surface area contributed by atoms with Gasteiger partial charge in [-0.15, -0.1) is 0 Å². The molecule has 0 unspecified atom stereocenters. The number of hydrogen-bond acceptors (Lipinski definition) is 2. The summed E-state index contributed by atoms with van der Waals surface area (Å²) in [6.45, 7) is 1.62. The first kappa shape index (κ1) is 13.9. The Kier molecular flexibility index (Phi) is 4.46. The molecule has 94 valence electrons. The molecule has 0 aliphatic carbocycles. The molecule has 6 heteroatoms. The zero-order chi connectivity index (χ0) is 13.1. The molecular weight excluding hydrogens is 243 g/mol. The van der Waals surface area contributed by atoms with Crippen LogP contribution in [0.4, 0.5) is 0 Å². The third kappa shape index (κ3) is 5.13. The van der Waals surface area contributed by atoms with Gasteiger partial charge < -0.3 is 14.9 Å². The summed E-state index contributed by atoms with van der Waals surface area (Å²) in [6, 6.07) is 6.63. The lowest BCUT2D eigenvalue weighted by Crippen LogP contribution is -2.12. The SMILES string of the molecule is C[C@H](Cc1ccc(CP(=O)(O)O)cc1)C(=O)O. The Hall–Kier alpha value is -1.16. The van der Waals surface area contributed by atoms with Crippen molar-refractivity contribution in [1.82, 2.24) is 0 Å². The number of hydrogen-bond donors (Lipinski definition) is 3. The van der Waals surface area contributed by atoms with Crippen LogP contribution in [-0.4, -0.2) is 20.9 Å². The van der Waals surface area contributed by atoms with Gasteiger partial charge in [0.1, 0.15) is 0 Å². The number of aliphatic carboxylic acids is 1. The second-order valence-electron chi connectivity index (χ2n) is 4.08. The third-order valence-electron chi connectivity index (χ3n) is 2.37. The lowest BCUT2D eigenvalue weighted by Gasteiger charge is -2.08. The Bertz CT molecular complexity index is 434. The molecule has 1 rings (SSSR count). The molecule has 5 nitrogen and oxygen atoms in total. The van der Waals surface area contributed by atoms with Crippen molar-refractivity contribution in [3.05, 3.63) is 35.4 Å². The molecule has 0 radical (unpaired) electrons. The summed E-state index contributed by atoms with van der Waals surface area (Å²) in [7, 11) is -4.04. The van der Waals surface area contributed by atoms with E-state index < -0.39 is 19.5 Å². The van der Waals surface area contributed by atoms with Gasteiger partial charge in [0.15, 0.2) is 0 Å². The summed E-state index contributed by atoms with van der Waals surface area (Å²) < 4.78 is 10.8. The van der Waals surface area contributed by atoms with Crippen LogP contribution in [-0.2, 0) is 21.9 Å². The first-order valence-corrected chi connectivity index (χ1v) is 6.93. The van der Waals surface area contributed by atoms with Crippen molar-refractivity contribution in [3.8, 4) is 0 Å². The molecule has 0 heterocycles. The van der Waals surface area contributed by atoms with Crippen molar-refractivity contribution in [3.63, 3.8) is 0 Å². The first-order valence-electron chi connectivity index (χ1n) is 5.13. The summed E-state index contributed by atoms with van der Waals surface area (Å²) in [4.78, 5) is 28.2. The molecule has 0 aliphatic rings. The average Bonchev–Trinajstić information content (AvgIpc) is 2.18. The largest absolute Gasteiger partial charge is 0.481 e. The van der Waals surface area contributed by atoms with Crippen molar-refractivity contribution in [2.24, 2.45) is 5.92 Å². The molecule has 0 spiro atoms. The Balaban J connectivity index is 2.68. The van der Waals surface area contributed by atoms with Gasteiger partial charge in [0, 0.05) is 0 Å². The monoisotopic (exact) mass is 258 g/mol. The van der Waals surface area contributed by atoms with Crippen molar-refractivity contribution in [1.29, 1.82) is 0 Å². The Morgan fingerprint density at radius 3 is 2.12 bits per heavy atom. The number of carboxylic acid groups (broad SMARTS) is 1. The van der Waals surface area contributed by atoms with Crippen LogP contribution in [0.5, 0.6) is 0 Å². The Morgan fingerprint density at radius 1 is 1.24 bits per heavy atom. The molecule has 0 fully saturated rings. The number of carbonyl (C=O) groups is 1. The van der Waals surface area contributed by atoms with Crippen molar-refractivity contribution in [2.75, 3.05) is 0 Å². The van der Waals surface area contributed by atoms with Crippen LogP contribution in [0.3, 0.4) is 0 Å². The molecule has 0 saturated carbocycles.